The Kier molecular flexibility index (Phi) is 25.7. The summed E-state index contributed by atoms with van der Waals surface area (Å²) in [6.45, 7) is -0.833. The van der Waals surface area contributed by atoms with Crippen molar-refractivity contribution in [3.8, 4) is 0 Å². The molecule has 19 heteroatoms. The molecule has 3 fully saturated rings. The molecule has 3 aliphatic heterocycles. The van der Waals surface area contributed by atoms with E-state index in [-0.39, 0.29) is 62.9 Å². The van der Waals surface area contributed by atoms with Crippen LogP contribution in [-0.4, -0.2) is 140 Å². The Hall–Kier alpha value is -9.13. The first-order valence-electron chi connectivity index (χ1n) is 33.4. The Balaban J connectivity index is 0.921. The zero-order chi connectivity index (χ0) is 68.7. The number of hydrogen-bond donors (Lipinski definition) is 2. The molecule has 100 heavy (non-hydrogen) atoms. The van der Waals surface area contributed by atoms with E-state index in [9.17, 15) is 24.6 Å². The van der Waals surface area contributed by atoms with Crippen molar-refractivity contribution in [1.29, 1.82) is 0 Å². The summed E-state index contributed by atoms with van der Waals surface area (Å²) in [4.78, 5) is 42.8. The third kappa shape index (κ3) is 19.2. The first kappa shape index (κ1) is 70.7. The molecule has 518 valence electrons. The van der Waals surface area contributed by atoms with Gasteiger partial charge in [0.1, 0.15) is 54.9 Å². The fourth-order valence-electron chi connectivity index (χ4n) is 12.1. The number of aliphatic hydroxyl groups excluding tert-OH is 2. The van der Waals surface area contributed by atoms with Gasteiger partial charge in [0.15, 0.2) is 37.2 Å². The summed E-state index contributed by atoms with van der Waals surface area (Å²) in [7, 11) is 0. The topological polar surface area (TPSA) is 221 Å². The van der Waals surface area contributed by atoms with Gasteiger partial charge in [-0.25, -0.2) is 14.4 Å². The van der Waals surface area contributed by atoms with Crippen LogP contribution in [0.5, 0.6) is 0 Å². The summed E-state index contributed by atoms with van der Waals surface area (Å²) >= 11 is 0. The molecule has 0 aliphatic carbocycles. The second kappa shape index (κ2) is 36.3. The molecule has 3 aliphatic rings. The zero-order valence-electron chi connectivity index (χ0n) is 54.8. The van der Waals surface area contributed by atoms with Gasteiger partial charge in [-0.2, -0.15) is 0 Å². The molecule has 0 amide bonds. The minimum Gasteiger partial charge on any atom is -0.452 e. The molecule has 2 N–H and O–H groups in total. The van der Waals surface area contributed by atoms with Gasteiger partial charge in [0, 0.05) is 0 Å². The molecule has 0 spiro atoms. The first-order valence-corrected chi connectivity index (χ1v) is 33.4. The van der Waals surface area contributed by atoms with Crippen molar-refractivity contribution in [1.82, 2.24) is 0 Å². The monoisotopic (exact) mass is 1360 g/mol. The molecule has 3 heterocycles. The van der Waals surface area contributed by atoms with Crippen LogP contribution in [0.25, 0.3) is 0 Å². The van der Waals surface area contributed by atoms with Crippen molar-refractivity contribution in [3.63, 3.8) is 0 Å². The van der Waals surface area contributed by atoms with Crippen LogP contribution in [0.1, 0.15) is 64.5 Å². The normalized spacial score (nSPS) is 25.1. The van der Waals surface area contributed by atoms with Crippen molar-refractivity contribution in [2.45, 2.75) is 132 Å². The van der Waals surface area contributed by atoms with Gasteiger partial charge >= 0.3 is 17.9 Å². The third-order valence-electron chi connectivity index (χ3n) is 17.3. The van der Waals surface area contributed by atoms with E-state index >= 15 is 0 Å². The lowest BCUT2D eigenvalue weighted by atomic mass is 9.96. The lowest BCUT2D eigenvalue weighted by Crippen LogP contribution is -2.65. The van der Waals surface area contributed by atoms with Crippen LogP contribution < -0.4 is 0 Å². The van der Waals surface area contributed by atoms with Crippen molar-refractivity contribution in [2.24, 2.45) is 0 Å². The number of aliphatic hydroxyl groups is 2. The molecular formula is C81H80O19. The number of carbonyl (C=O) groups is 3. The average Bonchev–Trinajstić information content (AvgIpc) is 0.781. The Morgan fingerprint density at radius 2 is 0.520 bits per heavy atom. The number of esters is 3. The van der Waals surface area contributed by atoms with Crippen LogP contribution in [0.15, 0.2) is 273 Å². The summed E-state index contributed by atoms with van der Waals surface area (Å²) in [5, 5.41) is 23.6. The van der Waals surface area contributed by atoms with Gasteiger partial charge in [-0.1, -0.05) is 237 Å². The maximum Gasteiger partial charge on any atom is 0.338 e. The summed E-state index contributed by atoms with van der Waals surface area (Å²) in [6.07, 6.45) is -19.7. The van der Waals surface area contributed by atoms with Crippen LogP contribution in [0.2, 0.25) is 0 Å². The first-order chi connectivity index (χ1) is 49.2. The molecule has 0 radical (unpaired) electrons. The number of rotatable bonds is 31. The molecule has 12 rings (SSSR count). The maximum absolute atomic E-state index is 14.5. The summed E-state index contributed by atoms with van der Waals surface area (Å²) in [5.41, 5.74) is 5.42. The van der Waals surface area contributed by atoms with Gasteiger partial charge in [-0.3, -0.25) is 0 Å². The van der Waals surface area contributed by atoms with Crippen LogP contribution >= 0.6 is 0 Å². The SMILES string of the molecule is O=C(O[C@@H]1[C@@H](OC(=O)c2ccccc2)[C@@H](O)O[C@H](CO[C@H]2O[C@H](CO[C@H]3O[C@H](CO)[C@@H](OCc4ccccc4)[C@H](OCc4ccccc4)[C@H]3OCc3ccccc3)[C@@H](OCc3ccccc3)[C@H](OCc3ccccc3)[C@H]2OCc2ccccc2)[C@H]1OC(=O)c1ccccc1)c1ccccc1. The van der Waals surface area contributed by atoms with Crippen LogP contribution in [0.4, 0.5) is 0 Å². The van der Waals surface area contributed by atoms with E-state index in [0.717, 1.165) is 33.4 Å². The van der Waals surface area contributed by atoms with E-state index in [1.54, 1.807) is 66.7 Å². The smallest absolute Gasteiger partial charge is 0.338 e. The molecule has 0 saturated carbocycles. The number of hydrogen-bond acceptors (Lipinski definition) is 19. The quantitative estimate of drug-likeness (QED) is 0.0305. The van der Waals surface area contributed by atoms with Crippen molar-refractivity contribution in [3.05, 3.63) is 323 Å². The summed E-state index contributed by atoms with van der Waals surface area (Å²) < 4.78 is 94.9. The maximum atomic E-state index is 14.5. The van der Waals surface area contributed by atoms with E-state index in [1.807, 2.05) is 182 Å². The van der Waals surface area contributed by atoms with Crippen LogP contribution in [0.3, 0.4) is 0 Å². The molecule has 9 aromatic rings. The molecule has 0 unspecified atom stereocenters. The largest absolute Gasteiger partial charge is 0.452 e. The standard InChI is InChI=1S/C81H80O19/c82-46-64-67(87-47-55-28-10-1-11-29-55)70(89-49-57-32-14-3-15-33-57)74(91-51-59-36-18-5-19-37-59)80(96-64)93-53-65-68(88-48-56-30-12-2-13-31-56)71(90-50-58-34-16-4-17-35-58)75(92-52-60-38-20-6-21-39-60)81(97-65)94-54-66-69(98-76(83)61-40-22-7-23-41-61)72(99-77(84)62-42-24-8-25-43-62)73(79(86)95-66)100-78(85)63-44-26-9-27-45-63/h1-45,64-75,79-82,86H,46-54H2/t64-,65-,66-,67-,68-,69-,70+,71+,72+,73-,74-,75-,79+,80+,81+/m1/s1. The number of carbonyl (C=O) groups excluding carboxylic acids is 3. The van der Waals surface area contributed by atoms with E-state index in [1.165, 1.54) is 24.3 Å². The van der Waals surface area contributed by atoms with Crippen molar-refractivity contribution < 1.29 is 90.9 Å². The molecular weight excluding hydrogens is 1280 g/mol. The Morgan fingerprint density at radius 1 is 0.270 bits per heavy atom. The fraction of sp³-hybridized carbons (Fsp3) is 0.296. The molecule has 0 aromatic heterocycles. The van der Waals surface area contributed by atoms with Crippen LogP contribution in [-0.2, 0) is 106 Å². The number of ether oxygens (including phenoxy) is 14. The highest BCUT2D eigenvalue weighted by Crippen LogP contribution is 2.37. The molecule has 19 nitrogen and oxygen atoms in total. The number of benzene rings is 9. The van der Waals surface area contributed by atoms with E-state index in [4.69, 9.17) is 66.3 Å². The average molecular weight is 1360 g/mol. The molecule has 9 aromatic carbocycles. The lowest BCUT2D eigenvalue weighted by molar-refractivity contribution is -0.357. The molecule has 0 bridgehead atoms. The Bertz CT molecular complexity index is 3870. The lowest BCUT2D eigenvalue weighted by Gasteiger charge is -2.48. The summed E-state index contributed by atoms with van der Waals surface area (Å²) in [6, 6.07) is 81.9. The van der Waals surface area contributed by atoms with Crippen molar-refractivity contribution >= 4 is 17.9 Å². The van der Waals surface area contributed by atoms with Gasteiger partial charge in [0.25, 0.3) is 0 Å². The Labute approximate surface area is 580 Å². The van der Waals surface area contributed by atoms with Gasteiger partial charge < -0.3 is 76.5 Å². The van der Waals surface area contributed by atoms with Gasteiger partial charge in [0.2, 0.25) is 0 Å². The van der Waals surface area contributed by atoms with Gasteiger partial charge in [-0.05, 0) is 69.8 Å². The minimum atomic E-state index is -2.02. The summed E-state index contributed by atoms with van der Waals surface area (Å²) in [5.74, 6) is -2.65. The fourth-order valence-corrected chi connectivity index (χ4v) is 12.1. The van der Waals surface area contributed by atoms with E-state index < -0.39 is 123 Å². The second-order valence-corrected chi connectivity index (χ2v) is 24.3. The minimum absolute atomic E-state index is 0.0190. The Morgan fingerprint density at radius 3 is 0.840 bits per heavy atom. The zero-order valence-corrected chi connectivity index (χ0v) is 54.8. The van der Waals surface area contributed by atoms with Crippen molar-refractivity contribution in [2.75, 3.05) is 19.8 Å². The van der Waals surface area contributed by atoms with Gasteiger partial charge in [-0.15, -0.1) is 0 Å². The highest BCUT2D eigenvalue weighted by molar-refractivity contribution is 5.91. The second-order valence-electron chi connectivity index (χ2n) is 24.3. The molecule has 3 saturated heterocycles. The van der Waals surface area contributed by atoms with E-state index in [2.05, 4.69) is 0 Å². The predicted molar refractivity (Wildman–Crippen MR) is 364 cm³/mol. The van der Waals surface area contributed by atoms with E-state index in [0.29, 0.717) is 0 Å². The van der Waals surface area contributed by atoms with Crippen LogP contribution in [0, 0.1) is 0 Å². The highest BCUT2D eigenvalue weighted by atomic mass is 16.8. The van der Waals surface area contributed by atoms with Gasteiger partial charge in [0.05, 0.1) is 76.2 Å². The predicted octanol–water partition coefficient (Wildman–Crippen LogP) is 11.4. The highest BCUT2D eigenvalue weighted by Gasteiger charge is 2.56. The molecule has 15 atom stereocenters. The third-order valence-corrected chi connectivity index (χ3v) is 17.3.